The van der Waals surface area contributed by atoms with Gasteiger partial charge >= 0.3 is 5.97 Å². The summed E-state index contributed by atoms with van der Waals surface area (Å²) < 4.78 is 16.7. The number of amides is 1. The highest BCUT2D eigenvalue weighted by Gasteiger charge is 2.30. The van der Waals surface area contributed by atoms with Gasteiger partial charge in [-0.3, -0.25) is 4.79 Å². The number of hydrogen-bond acceptors (Lipinski definition) is 5. The Balaban J connectivity index is 2.55. The number of rotatable bonds is 7. The Bertz CT molecular complexity index is 791. The molecule has 0 atom stereocenters. The maximum absolute atomic E-state index is 11.8. The van der Waals surface area contributed by atoms with Gasteiger partial charge in [-0.1, -0.05) is 18.2 Å². The fourth-order valence-electron chi connectivity index (χ4n) is 2.34. The minimum absolute atomic E-state index is 0.240. The second-order valence-corrected chi connectivity index (χ2v) is 5.05. The van der Waals surface area contributed by atoms with E-state index in [9.17, 15) is 4.79 Å². The molecule has 2 rings (SSSR count). The molecule has 0 radical (unpaired) electrons. The molecule has 0 aliphatic heterocycles. The smallest absolute Gasteiger partial charge is 0.353 e. The fourth-order valence-corrected chi connectivity index (χ4v) is 2.34. The molecule has 1 aromatic heterocycles. The van der Waals surface area contributed by atoms with Crippen molar-refractivity contribution < 1.29 is 19.0 Å². The van der Waals surface area contributed by atoms with E-state index in [1.165, 1.54) is 0 Å². The first-order valence-electron chi connectivity index (χ1n) is 8.19. The van der Waals surface area contributed by atoms with Crippen LogP contribution in [0.2, 0.25) is 0 Å². The third-order valence-corrected chi connectivity index (χ3v) is 3.33. The van der Waals surface area contributed by atoms with Crippen molar-refractivity contribution in [3.8, 4) is 11.8 Å². The summed E-state index contributed by atoms with van der Waals surface area (Å²) in [5, 5.41) is 0.813. The molecule has 2 N–H and O–H groups in total. The zero-order chi connectivity index (χ0) is 18.3. The van der Waals surface area contributed by atoms with Crippen molar-refractivity contribution in [3.63, 3.8) is 0 Å². The molecule has 6 nitrogen and oxygen atoms in total. The van der Waals surface area contributed by atoms with Crippen molar-refractivity contribution in [2.45, 2.75) is 26.7 Å². The van der Waals surface area contributed by atoms with Gasteiger partial charge in [-0.2, -0.15) is 0 Å². The number of aromatic nitrogens is 1. The third-order valence-electron chi connectivity index (χ3n) is 3.33. The molecule has 0 saturated carbocycles. The topological polar surface area (TPSA) is 83.7 Å². The molecule has 0 saturated heterocycles. The molecule has 0 unspecified atom stereocenters. The highest BCUT2D eigenvalue weighted by molar-refractivity contribution is 5.98. The Morgan fingerprint density at radius 3 is 2.28 bits per heavy atom. The summed E-state index contributed by atoms with van der Waals surface area (Å²) >= 11 is 0. The van der Waals surface area contributed by atoms with E-state index < -0.39 is 11.9 Å². The first-order chi connectivity index (χ1) is 12.0. The zero-order valence-corrected chi connectivity index (χ0v) is 14.7. The van der Waals surface area contributed by atoms with Crippen molar-refractivity contribution in [2.75, 3.05) is 19.8 Å². The molecule has 25 heavy (non-hydrogen) atoms. The maximum atomic E-state index is 11.8. The molecule has 6 heteroatoms. The van der Waals surface area contributed by atoms with Gasteiger partial charge in [-0.15, -0.1) is 0 Å². The number of carbonyl (C=O) groups excluding carboxylic acids is 1. The van der Waals surface area contributed by atoms with Crippen LogP contribution in [0, 0.1) is 11.8 Å². The molecule has 0 spiro atoms. The van der Waals surface area contributed by atoms with Gasteiger partial charge in [0.2, 0.25) is 0 Å². The second-order valence-electron chi connectivity index (χ2n) is 5.05. The van der Waals surface area contributed by atoms with Gasteiger partial charge < -0.3 is 19.9 Å². The predicted octanol–water partition coefficient (Wildman–Crippen LogP) is 2.45. The van der Waals surface area contributed by atoms with Gasteiger partial charge in [0.25, 0.3) is 5.91 Å². The van der Waals surface area contributed by atoms with Gasteiger partial charge in [-0.05, 0) is 38.8 Å². The molecule has 0 aliphatic rings. The van der Waals surface area contributed by atoms with Crippen LogP contribution in [0.15, 0.2) is 30.3 Å². The fraction of sp³-hybridized carbons (Fsp3) is 0.368. The quantitative estimate of drug-likeness (QED) is 0.617. The van der Waals surface area contributed by atoms with E-state index >= 15 is 0 Å². The molecular weight excluding hydrogens is 320 g/mol. The molecular formula is C19H22N2O4. The van der Waals surface area contributed by atoms with Crippen LogP contribution in [-0.4, -0.2) is 36.7 Å². The lowest BCUT2D eigenvalue weighted by Gasteiger charge is -2.26. The summed E-state index contributed by atoms with van der Waals surface area (Å²) in [4.78, 5) is 16.2. The SMILES string of the molecule is CCOC(C#Cc1nc2ccccc2cc1C(N)=O)(OCC)OCC. The predicted molar refractivity (Wildman–Crippen MR) is 94.7 cm³/mol. The monoisotopic (exact) mass is 342 g/mol. The van der Waals surface area contributed by atoms with Gasteiger partial charge in [0.05, 0.1) is 30.9 Å². The molecule has 1 aromatic carbocycles. The van der Waals surface area contributed by atoms with Crippen LogP contribution in [-0.2, 0) is 14.2 Å². The molecule has 2 aromatic rings. The molecule has 1 amide bonds. The summed E-state index contributed by atoms with van der Waals surface area (Å²) in [7, 11) is 0. The summed E-state index contributed by atoms with van der Waals surface area (Å²) in [5.41, 5.74) is 6.69. The Kier molecular flexibility index (Phi) is 6.48. The van der Waals surface area contributed by atoms with E-state index in [0.29, 0.717) is 25.3 Å². The van der Waals surface area contributed by atoms with Crippen LogP contribution in [0.25, 0.3) is 10.9 Å². The van der Waals surface area contributed by atoms with Crippen molar-refractivity contribution in [2.24, 2.45) is 5.73 Å². The van der Waals surface area contributed by atoms with Gasteiger partial charge in [0.1, 0.15) is 5.69 Å². The summed E-state index contributed by atoms with van der Waals surface area (Å²) in [6, 6.07) is 9.10. The average Bonchev–Trinajstić information content (AvgIpc) is 2.60. The minimum atomic E-state index is -1.50. The second kappa shape index (κ2) is 8.58. The number of nitrogens with two attached hydrogens (primary N) is 1. The van der Waals surface area contributed by atoms with Gasteiger partial charge in [0, 0.05) is 11.3 Å². The Labute approximate surface area is 147 Å². The highest BCUT2D eigenvalue weighted by atomic mass is 16.9. The van der Waals surface area contributed by atoms with Crippen molar-refractivity contribution >= 4 is 16.8 Å². The van der Waals surface area contributed by atoms with Crippen molar-refractivity contribution in [1.29, 1.82) is 0 Å². The summed E-state index contributed by atoms with van der Waals surface area (Å²) in [5.74, 6) is 3.57. The molecule has 0 aliphatic carbocycles. The van der Waals surface area contributed by atoms with Crippen molar-refractivity contribution in [1.82, 2.24) is 4.98 Å². The third kappa shape index (κ3) is 4.54. The lowest BCUT2D eigenvalue weighted by Crippen LogP contribution is -2.38. The largest absolute Gasteiger partial charge is 0.366 e. The Hall–Kier alpha value is -2.46. The zero-order valence-electron chi connectivity index (χ0n) is 14.7. The number of benzene rings is 1. The molecule has 132 valence electrons. The number of primary amides is 1. The van der Waals surface area contributed by atoms with E-state index in [1.54, 1.807) is 6.07 Å². The maximum Gasteiger partial charge on any atom is 0.353 e. The molecule has 0 fully saturated rings. The first-order valence-corrected chi connectivity index (χ1v) is 8.19. The van der Waals surface area contributed by atoms with Crippen LogP contribution < -0.4 is 5.73 Å². The number of para-hydroxylation sites is 1. The Morgan fingerprint density at radius 1 is 1.12 bits per heavy atom. The van der Waals surface area contributed by atoms with E-state index in [-0.39, 0.29) is 11.3 Å². The lowest BCUT2D eigenvalue weighted by atomic mass is 10.1. The number of nitrogens with zero attached hydrogens (tertiary/aromatic N) is 1. The van der Waals surface area contributed by atoms with Crippen LogP contribution >= 0.6 is 0 Å². The highest BCUT2D eigenvalue weighted by Crippen LogP contribution is 2.18. The van der Waals surface area contributed by atoms with Crippen LogP contribution in [0.3, 0.4) is 0 Å². The molecule has 1 heterocycles. The van der Waals surface area contributed by atoms with Gasteiger partial charge in [-0.25, -0.2) is 4.98 Å². The van der Waals surface area contributed by atoms with Crippen LogP contribution in [0.1, 0.15) is 36.8 Å². The van der Waals surface area contributed by atoms with Crippen LogP contribution in [0.5, 0.6) is 0 Å². The Morgan fingerprint density at radius 2 is 1.72 bits per heavy atom. The normalized spacial score (nSPS) is 11.2. The van der Waals surface area contributed by atoms with Crippen molar-refractivity contribution in [3.05, 3.63) is 41.6 Å². The number of ether oxygens (including phenoxy) is 3. The van der Waals surface area contributed by atoms with Crippen LogP contribution in [0.4, 0.5) is 0 Å². The number of hydrogen-bond donors (Lipinski definition) is 1. The van der Waals surface area contributed by atoms with Gasteiger partial charge in [0.15, 0.2) is 0 Å². The van der Waals surface area contributed by atoms with E-state index in [0.717, 1.165) is 5.39 Å². The van der Waals surface area contributed by atoms with E-state index in [2.05, 4.69) is 16.8 Å². The number of pyridine rings is 1. The first kappa shape index (κ1) is 18.9. The minimum Gasteiger partial charge on any atom is -0.366 e. The van der Waals surface area contributed by atoms with E-state index in [4.69, 9.17) is 19.9 Å². The lowest BCUT2D eigenvalue weighted by molar-refractivity contribution is -0.339. The molecule has 0 bridgehead atoms. The summed E-state index contributed by atoms with van der Waals surface area (Å²) in [6.07, 6.45) is 0. The summed E-state index contributed by atoms with van der Waals surface area (Å²) in [6.45, 7) is 6.50. The van der Waals surface area contributed by atoms with E-state index in [1.807, 2.05) is 45.0 Å². The average molecular weight is 342 g/mol. The standard InChI is InChI=1S/C19H22N2O4/c1-4-23-19(24-5-2,25-6-3)12-11-17-15(18(20)22)13-14-9-7-8-10-16(14)21-17/h7-10,13H,4-6H2,1-3H3,(H2,20,22). The number of carbonyl (C=O) groups is 1. The number of fused-ring (bicyclic) bond motifs is 1.